The number of carbonyl (C=O) groups is 3. The van der Waals surface area contributed by atoms with Crippen LogP contribution in [0.1, 0.15) is 30.9 Å². The van der Waals surface area contributed by atoms with Crippen molar-refractivity contribution in [3.05, 3.63) is 29.3 Å². The summed E-state index contributed by atoms with van der Waals surface area (Å²) in [6.45, 7) is 1.92. The summed E-state index contributed by atoms with van der Waals surface area (Å²) >= 11 is 0. The van der Waals surface area contributed by atoms with Gasteiger partial charge in [0.25, 0.3) is 0 Å². The summed E-state index contributed by atoms with van der Waals surface area (Å²) in [4.78, 5) is 39.1. The first-order valence-electron chi connectivity index (χ1n) is 9.15. The fraction of sp³-hybridized carbons (Fsp3) is 0.550. The maximum Gasteiger partial charge on any atom is 0.328 e. The van der Waals surface area contributed by atoms with Crippen molar-refractivity contribution in [2.75, 3.05) is 14.2 Å². The van der Waals surface area contributed by atoms with Crippen LogP contribution in [0.4, 0.5) is 0 Å². The lowest BCUT2D eigenvalue weighted by molar-refractivity contribution is -0.157. The number of amides is 1. The second-order valence-electron chi connectivity index (χ2n) is 7.81. The molecule has 0 radical (unpaired) electrons. The van der Waals surface area contributed by atoms with Crippen molar-refractivity contribution in [3.63, 3.8) is 0 Å². The largest absolute Gasteiger partial charge is 0.497 e. The number of fused-ring (bicyclic) bond motifs is 1. The molecule has 1 saturated heterocycles. The molecule has 27 heavy (non-hydrogen) atoms. The second kappa shape index (κ2) is 5.97. The molecule has 7 heteroatoms. The number of benzene rings is 1. The highest BCUT2D eigenvalue weighted by Crippen LogP contribution is 2.62. The quantitative estimate of drug-likeness (QED) is 0.809. The Bertz CT molecular complexity index is 836. The molecule has 1 amide bonds. The SMILES string of the molecule is COC(=O)[C@@H]1Cc2cc(OC)ccc2[C@@]23C[C@H](C)[C@@H](C(=O)O)C2CC(=O)N13. The van der Waals surface area contributed by atoms with Gasteiger partial charge in [0.05, 0.1) is 25.7 Å². The molecule has 144 valence electrons. The number of carboxylic acid groups (broad SMARTS) is 1. The third-order valence-corrected chi connectivity index (χ3v) is 6.65. The molecule has 1 aromatic rings. The number of ether oxygens (including phenoxy) is 2. The number of hydrogen-bond acceptors (Lipinski definition) is 5. The first kappa shape index (κ1) is 17.8. The van der Waals surface area contributed by atoms with Gasteiger partial charge in [-0.05, 0) is 35.6 Å². The highest BCUT2D eigenvalue weighted by molar-refractivity contribution is 5.90. The van der Waals surface area contributed by atoms with Gasteiger partial charge in [-0.25, -0.2) is 4.79 Å². The Hall–Kier alpha value is -2.57. The smallest absolute Gasteiger partial charge is 0.328 e. The van der Waals surface area contributed by atoms with E-state index >= 15 is 0 Å². The minimum atomic E-state index is -0.880. The average molecular weight is 373 g/mol. The zero-order chi connectivity index (χ0) is 19.5. The molecule has 1 N–H and O–H groups in total. The molecule has 0 bridgehead atoms. The zero-order valence-corrected chi connectivity index (χ0v) is 15.6. The average Bonchev–Trinajstić information content (AvgIpc) is 3.07. The topological polar surface area (TPSA) is 93.1 Å². The van der Waals surface area contributed by atoms with Crippen LogP contribution < -0.4 is 4.74 Å². The van der Waals surface area contributed by atoms with E-state index in [0.29, 0.717) is 18.6 Å². The van der Waals surface area contributed by atoms with Crippen molar-refractivity contribution in [1.29, 1.82) is 0 Å². The molecule has 1 unspecified atom stereocenters. The summed E-state index contributed by atoms with van der Waals surface area (Å²) in [5.74, 6) is -1.94. The van der Waals surface area contributed by atoms with Crippen molar-refractivity contribution >= 4 is 17.8 Å². The predicted molar refractivity (Wildman–Crippen MR) is 94.0 cm³/mol. The van der Waals surface area contributed by atoms with Gasteiger partial charge >= 0.3 is 11.9 Å². The van der Waals surface area contributed by atoms with Crippen LogP contribution in [-0.2, 0) is 31.1 Å². The third-order valence-electron chi connectivity index (χ3n) is 6.65. The van der Waals surface area contributed by atoms with Gasteiger partial charge in [0.1, 0.15) is 11.8 Å². The molecule has 2 heterocycles. The Morgan fingerprint density at radius 3 is 2.63 bits per heavy atom. The molecule has 1 aliphatic carbocycles. The lowest BCUT2D eigenvalue weighted by atomic mass is 9.72. The predicted octanol–water partition coefficient (Wildman–Crippen LogP) is 1.58. The summed E-state index contributed by atoms with van der Waals surface area (Å²) in [6, 6.07) is 4.91. The summed E-state index contributed by atoms with van der Waals surface area (Å²) in [6.07, 6.45) is 0.999. The van der Waals surface area contributed by atoms with E-state index in [1.165, 1.54) is 7.11 Å². The van der Waals surface area contributed by atoms with E-state index in [9.17, 15) is 19.5 Å². The summed E-state index contributed by atoms with van der Waals surface area (Å²) in [5.41, 5.74) is 1.08. The van der Waals surface area contributed by atoms with Crippen molar-refractivity contribution < 1.29 is 29.0 Å². The molecule has 3 aliphatic rings. The normalized spacial score (nSPS) is 33.9. The van der Waals surface area contributed by atoms with Gasteiger partial charge in [-0.3, -0.25) is 9.59 Å². The van der Waals surface area contributed by atoms with E-state index in [4.69, 9.17) is 9.47 Å². The van der Waals surface area contributed by atoms with E-state index in [-0.39, 0.29) is 24.2 Å². The van der Waals surface area contributed by atoms with E-state index in [2.05, 4.69) is 0 Å². The minimum absolute atomic E-state index is 0.102. The van der Waals surface area contributed by atoms with Crippen LogP contribution in [0, 0.1) is 17.8 Å². The maximum absolute atomic E-state index is 13.0. The first-order valence-corrected chi connectivity index (χ1v) is 9.15. The number of esters is 1. The molecule has 1 saturated carbocycles. The molecular weight excluding hydrogens is 350 g/mol. The summed E-state index contributed by atoms with van der Waals surface area (Å²) < 4.78 is 10.3. The third kappa shape index (κ3) is 2.23. The Morgan fingerprint density at radius 1 is 1.26 bits per heavy atom. The van der Waals surface area contributed by atoms with Crippen molar-refractivity contribution in [2.24, 2.45) is 17.8 Å². The van der Waals surface area contributed by atoms with Crippen LogP contribution in [0.2, 0.25) is 0 Å². The highest BCUT2D eigenvalue weighted by Gasteiger charge is 2.67. The lowest BCUT2D eigenvalue weighted by Gasteiger charge is -2.47. The molecular formula is C20H23NO6. The minimum Gasteiger partial charge on any atom is -0.497 e. The fourth-order valence-electron chi connectivity index (χ4n) is 5.76. The van der Waals surface area contributed by atoms with Crippen LogP contribution in [0.15, 0.2) is 18.2 Å². The number of carbonyl (C=O) groups excluding carboxylic acids is 2. The van der Waals surface area contributed by atoms with Gasteiger partial charge in [0.15, 0.2) is 0 Å². The summed E-state index contributed by atoms with van der Waals surface area (Å²) in [5, 5.41) is 9.81. The Kier molecular flexibility index (Phi) is 3.94. The zero-order valence-electron chi connectivity index (χ0n) is 15.6. The maximum atomic E-state index is 13.0. The summed E-state index contributed by atoms with van der Waals surface area (Å²) in [7, 11) is 2.89. The first-order chi connectivity index (χ1) is 12.8. The standard InChI is InChI=1S/C20H23NO6/c1-10-9-20-13-5-4-12(26-2)6-11(13)7-15(19(25)27-3)21(20)16(22)8-14(20)17(10)18(23)24/h4-6,10,14-15,17H,7-9H2,1-3H3,(H,23,24)/t10-,14?,15-,17+,20-/m0/s1. The molecule has 7 nitrogen and oxygen atoms in total. The van der Waals surface area contributed by atoms with Crippen LogP contribution >= 0.6 is 0 Å². The van der Waals surface area contributed by atoms with Crippen molar-refractivity contribution in [1.82, 2.24) is 4.90 Å². The van der Waals surface area contributed by atoms with Gasteiger partial charge in [-0.2, -0.15) is 0 Å². The second-order valence-corrected chi connectivity index (χ2v) is 7.81. The van der Waals surface area contributed by atoms with Crippen LogP contribution in [0.3, 0.4) is 0 Å². The number of hydrogen-bond donors (Lipinski definition) is 1. The Labute approximate surface area is 157 Å². The Morgan fingerprint density at radius 2 is 2.00 bits per heavy atom. The lowest BCUT2D eigenvalue weighted by Crippen LogP contribution is -2.57. The van der Waals surface area contributed by atoms with Gasteiger partial charge in [-0.15, -0.1) is 0 Å². The van der Waals surface area contributed by atoms with E-state index in [1.807, 2.05) is 25.1 Å². The number of methoxy groups -OCH3 is 2. The molecule has 1 aromatic carbocycles. The van der Waals surface area contributed by atoms with Gasteiger partial charge in [0.2, 0.25) is 5.91 Å². The van der Waals surface area contributed by atoms with Gasteiger partial charge in [-0.1, -0.05) is 13.0 Å². The van der Waals surface area contributed by atoms with Crippen LogP contribution in [-0.4, -0.2) is 48.1 Å². The number of aliphatic carboxylic acids is 1. The Balaban J connectivity index is 1.95. The van der Waals surface area contributed by atoms with E-state index in [0.717, 1.165) is 11.1 Å². The molecule has 4 rings (SSSR count). The number of rotatable bonds is 3. The molecule has 5 atom stereocenters. The van der Waals surface area contributed by atoms with Crippen LogP contribution in [0.25, 0.3) is 0 Å². The van der Waals surface area contributed by atoms with Crippen molar-refractivity contribution in [3.8, 4) is 5.75 Å². The monoisotopic (exact) mass is 373 g/mol. The van der Waals surface area contributed by atoms with Gasteiger partial charge < -0.3 is 19.5 Å². The number of carboxylic acids is 1. The van der Waals surface area contributed by atoms with E-state index in [1.54, 1.807) is 12.0 Å². The molecule has 1 spiro atoms. The van der Waals surface area contributed by atoms with Gasteiger partial charge in [0, 0.05) is 18.8 Å². The fourth-order valence-corrected chi connectivity index (χ4v) is 5.76. The van der Waals surface area contributed by atoms with Crippen molar-refractivity contribution in [2.45, 2.75) is 37.8 Å². The number of nitrogens with zero attached hydrogens (tertiary/aromatic N) is 1. The molecule has 2 aliphatic heterocycles. The molecule has 0 aromatic heterocycles. The van der Waals surface area contributed by atoms with Crippen LogP contribution in [0.5, 0.6) is 5.75 Å². The van der Waals surface area contributed by atoms with E-state index < -0.39 is 29.4 Å². The molecule has 2 fully saturated rings. The highest BCUT2D eigenvalue weighted by atomic mass is 16.5.